The molecule has 0 saturated heterocycles. The van der Waals surface area contributed by atoms with Gasteiger partial charge in [-0.2, -0.15) is 10.1 Å². The number of aromatic nitrogens is 4. The van der Waals surface area contributed by atoms with Crippen molar-refractivity contribution in [3.8, 4) is 0 Å². The first-order valence-corrected chi connectivity index (χ1v) is 4.76. The summed E-state index contributed by atoms with van der Waals surface area (Å²) in [4.78, 5) is 4.03. The molecular formula is C9H13N5O. The number of hydrogen-bond donors (Lipinski definition) is 1. The highest BCUT2D eigenvalue weighted by Gasteiger charge is 2.05. The third kappa shape index (κ3) is 2.15. The first kappa shape index (κ1) is 9.70. The predicted octanol–water partition coefficient (Wildman–Crippen LogP) is 1.90. The zero-order chi connectivity index (χ0) is 10.8. The average Bonchev–Trinajstić information content (AvgIpc) is 2.76. The summed E-state index contributed by atoms with van der Waals surface area (Å²) < 4.78 is 6.78. The van der Waals surface area contributed by atoms with Crippen molar-refractivity contribution < 1.29 is 4.52 Å². The second-order valence-electron chi connectivity index (χ2n) is 3.57. The molecule has 0 spiro atoms. The van der Waals surface area contributed by atoms with E-state index in [0.717, 1.165) is 5.69 Å². The van der Waals surface area contributed by atoms with E-state index in [0.29, 0.717) is 17.9 Å². The first-order valence-electron chi connectivity index (χ1n) is 4.76. The zero-order valence-electron chi connectivity index (χ0n) is 8.93. The normalized spacial score (nSPS) is 10.9. The Hall–Kier alpha value is -1.85. The van der Waals surface area contributed by atoms with E-state index in [1.807, 2.05) is 10.9 Å². The lowest BCUT2D eigenvalue weighted by molar-refractivity contribution is 0.428. The van der Waals surface area contributed by atoms with Crippen LogP contribution in [0.5, 0.6) is 0 Å². The number of hydrogen-bond acceptors (Lipinski definition) is 5. The van der Waals surface area contributed by atoms with Gasteiger partial charge in [0.25, 0.3) is 0 Å². The summed E-state index contributed by atoms with van der Waals surface area (Å²) in [5.74, 6) is 0.605. The fourth-order valence-corrected chi connectivity index (χ4v) is 1.16. The van der Waals surface area contributed by atoms with Crippen LogP contribution in [0.3, 0.4) is 0 Å². The number of nitrogens with one attached hydrogen (secondary N) is 1. The summed E-state index contributed by atoms with van der Waals surface area (Å²) in [6.07, 6.45) is 3.61. The minimum atomic E-state index is 0.338. The van der Waals surface area contributed by atoms with E-state index < -0.39 is 0 Å². The molecule has 0 aliphatic carbocycles. The lowest BCUT2D eigenvalue weighted by atomic mass is 10.4. The van der Waals surface area contributed by atoms with E-state index in [-0.39, 0.29) is 0 Å². The van der Waals surface area contributed by atoms with Crippen molar-refractivity contribution in [3.05, 3.63) is 18.2 Å². The SMILES string of the molecule is Cc1noc(Nc2cnn(C(C)C)c2)n1. The molecule has 0 saturated carbocycles. The number of aryl methyl sites for hydroxylation is 1. The molecule has 6 nitrogen and oxygen atoms in total. The maximum Gasteiger partial charge on any atom is 0.325 e. The van der Waals surface area contributed by atoms with E-state index in [2.05, 4.69) is 34.4 Å². The molecule has 0 radical (unpaired) electrons. The summed E-state index contributed by atoms with van der Waals surface area (Å²) >= 11 is 0. The van der Waals surface area contributed by atoms with E-state index in [9.17, 15) is 0 Å². The Morgan fingerprint density at radius 3 is 2.80 bits per heavy atom. The third-order valence-corrected chi connectivity index (χ3v) is 1.91. The Morgan fingerprint density at radius 1 is 1.47 bits per heavy atom. The average molecular weight is 207 g/mol. The van der Waals surface area contributed by atoms with Crippen LogP contribution in [0.1, 0.15) is 25.7 Å². The highest BCUT2D eigenvalue weighted by molar-refractivity contribution is 5.48. The van der Waals surface area contributed by atoms with Gasteiger partial charge in [-0.25, -0.2) is 0 Å². The smallest absolute Gasteiger partial charge is 0.315 e. The van der Waals surface area contributed by atoms with E-state index in [1.54, 1.807) is 13.1 Å². The summed E-state index contributed by atoms with van der Waals surface area (Å²) in [6.45, 7) is 5.90. The Morgan fingerprint density at radius 2 is 2.27 bits per heavy atom. The van der Waals surface area contributed by atoms with Crippen LogP contribution in [0, 0.1) is 6.92 Å². The van der Waals surface area contributed by atoms with Crippen molar-refractivity contribution >= 4 is 11.7 Å². The van der Waals surface area contributed by atoms with Gasteiger partial charge in [-0.1, -0.05) is 5.16 Å². The highest BCUT2D eigenvalue weighted by Crippen LogP contribution is 2.15. The number of rotatable bonds is 3. The third-order valence-electron chi connectivity index (χ3n) is 1.91. The molecule has 15 heavy (non-hydrogen) atoms. The van der Waals surface area contributed by atoms with E-state index in [4.69, 9.17) is 4.52 Å². The minimum Gasteiger partial charge on any atom is -0.315 e. The molecule has 2 rings (SSSR count). The largest absolute Gasteiger partial charge is 0.325 e. The van der Waals surface area contributed by atoms with Crippen LogP contribution in [0.4, 0.5) is 11.7 Å². The Labute approximate surface area is 87.3 Å². The van der Waals surface area contributed by atoms with Gasteiger partial charge in [-0.3, -0.25) is 4.68 Å². The van der Waals surface area contributed by atoms with Crippen molar-refractivity contribution in [3.63, 3.8) is 0 Å². The summed E-state index contributed by atoms with van der Waals surface area (Å²) in [6, 6.07) is 0.723. The zero-order valence-corrected chi connectivity index (χ0v) is 8.93. The van der Waals surface area contributed by atoms with Crippen LogP contribution in [-0.2, 0) is 0 Å². The number of nitrogens with zero attached hydrogens (tertiary/aromatic N) is 4. The Bertz CT molecular complexity index is 445. The molecule has 2 aromatic heterocycles. The summed E-state index contributed by atoms with van der Waals surface area (Å²) in [5, 5.41) is 10.8. The van der Waals surface area contributed by atoms with Crippen LogP contribution < -0.4 is 5.32 Å². The molecule has 2 aromatic rings. The van der Waals surface area contributed by atoms with E-state index >= 15 is 0 Å². The minimum absolute atomic E-state index is 0.338. The summed E-state index contributed by atoms with van der Waals surface area (Å²) in [7, 11) is 0. The fraction of sp³-hybridized carbons (Fsp3) is 0.444. The second-order valence-corrected chi connectivity index (χ2v) is 3.57. The van der Waals surface area contributed by atoms with Gasteiger partial charge in [0.05, 0.1) is 11.9 Å². The van der Waals surface area contributed by atoms with Crippen molar-refractivity contribution in [1.82, 2.24) is 19.9 Å². The molecule has 0 atom stereocenters. The molecule has 6 heteroatoms. The van der Waals surface area contributed by atoms with Crippen molar-refractivity contribution in [2.75, 3.05) is 5.32 Å². The molecule has 1 N–H and O–H groups in total. The lowest BCUT2D eigenvalue weighted by Crippen LogP contribution is -1.99. The monoisotopic (exact) mass is 207 g/mol. The highest BCUT2D eigenvalue weighted by atomic mass is 16.5. The van der Waals surface area contributed by atoms with Gasteiger partial charge in [-0.15, -0.1) is 0 Å². The van der Waals surface area contributed by atoms with Crippen LogP contribution in [0.15, 0.2) is 16.9 Å². The predicted molar refractivity (Wildman–Crippen MR) is 54.9 cm³/mol. The molecule has 0 amide bonds. The molecule has 0 unspecified atom stereocenters. The van der Waals surface area contributed by atoms with Gasteiger partial charge >= 0.3 is 6.01 Å². The molecule has 0 bridgehead atoms. The Kier molecular flexibility index (Phi) is 2.40. The van der Waals surface area contributed by atoms with Crippen molar-refractivity contribution in [2.45, 2.75) is 26.8 Å². The Balaban J connectivity index is 2.11. The maximum atomic E-state index is 4.93. The molecule has 0 aliphatic heterocycles. The van der Waals surface area contributed by atoms with Gasteiger partial charge in [0, 0.05) is 12.2 Å². The van der Waals surface area contributed by atoms with Crippen molar-refractivity contribution in [1.29, 1.82) is 0 Å². The van der Waals surface area contributed by atoms with Crippen LogP contribution in [0.25, 0.3) is 0 Å². The first-order chi connectivity index (χ1) is 7.15. The molecule has 80 valence electrons. The fourth-order valence-electron chi connectivity index (χ4n) is 1.16. The van der Waals surface area contributed by atoms with Crippen LogP contribution >= 0.6 is 0 Å². The quantitative estimate of drug-likeness (QED) is 0.832. The maximum absolute atomic E-state index is 4.93. The van der Waals surface area contributed by atoms with Gasteiger partial charge < -0.3 is 9.84 Å². The topological polar surface area (TPSA) is 68.8 Å². The lowest BCUT2D eigenvalue weighted by Gasteiger charge is -2.02. The van der Waals surface area contributed by atoms with Gasteiger partial charge in [-0.05, 0) is 20.8 Å². The molecule has 2 heterocycles. The second kappa shape index (κ2) is 3.72. The standard InChI is InChI=1S/C9H13N5O/c1-6(2)14-5-8(4-10-14)12-9-11-7(3)13-15-9/h4-6H,1-3H3,(H,11,12,13). The summed E-state index contributed by atoms with van der Waals surface area (Å²) in [5.41, 5.74) is 0.840. The van der Waals surface area contributed by atoms with Crippen molar-refractivity contribution in [2.24, 2.45) is 0 Å². The van der Waals surface area contributed by atoms with Gasteiger partial charge in [0.15, 0.2) is 5.82 Å². The molecule has 0 fully saturated rings. The van der Waals surface area contributed by atoms with E-state index in [1.165, 1.54) is 0 Å². The molecular weight excluding hydrogens is 194 g/mol. The van der Waals surface area contributed by atoms with Crippen LogP contribution in [0.2, 0.25) is 0 Å². The van der Waals surface area contributed by atoms with Crippen LogP contribution in [-0.4, -0.2) is 19.9 Å². The number of anilines is 2. The molecule has 0 aromatic carbocycles. The molecule has 0 aliphatic rings. The van der Waals surface area contributed by atoms with Gasteiger partial charge in [0.2, 0.25) is 0 Å². The van der Waals surface area contributed by atoms with Gasteiger partial charge in [0.1, 0.15) is 0 Å².